The molecule has 0 aromatic heterocycles. The number of hydrogen-bond donors (Lipinski definition) is 4. The summed E-state index contributed by atoms with van der Waals surface area (Å²) in [6, 6.07) is 39.3. The Morgan fingerprint density at radius 3 is 1.24 bits per heavy atom. The van der Waals surface area contributed by atoms with E-state index >= 15 is 0 Å². The van der Waals surface area contributed by atoms with Crippen LogP contribution in [-0.4, -0.2) is 25.3 Å². The van der Waals surface area contributed by atoms with Crippen molar-refractivity contribution >= 4 is 81.9 Å². The van der Waals surface area contributed by atoms with E-state index in [-0.39, 0.29) is 12.1 Å². The molecule has 6 aromatic carbocycles. The van der Waals surface area contributed by atoms with Crippen LogP contribution < -0.4 is 30.7 Å². The van der Waals surface area contributed by atoms with Crippen molar-refractivity contribution in [2.75, 3.05) is 34.5 Å². The zero-order valence-corrected chi connectivity index (χ0v) is 35.9. The predicted octanol–water partition coefficient (Wildman–Crippen LogP) is 14.1. The van der Waals surface area contributed by atoms with Crippen LogP contribution in [0.15, 0.2) is 160 Å². The van der Waals surface area contributed by atoms with Gasteiger partial charge in [0.25, 0.3) is 0 Å². The molecule has 0 aliphatic carbocycles. The minimum Gasteiger partial charge on any atom is -0.491 e. The van der Waals surface area contributed by atoms with E-state index in [1.54, 1.807) is 47.0 Å². The van der Waals surface area contributed by atoms with Crippen molar-refractivity contribution in [2.45, 2.75) is 79.7 Å². The molecule has 0 radical (unpaired) electrons. The Labute approximate surface area is 357 Å². The van der Waals surface area contributed by atoms with Crippen LogP contribution in [0, 0.1) is 13.8 Å². The van der Waals surface area contributed by atoms with Gasteiger partial charge in [0.2, 0.25) is 0 Å². The summed E-state index contributed by atoms with van der Waals surface area (Å²) in [4.78, 5) is 34.3. The minimum atomic E-state index is -0.343. The Hall–Kier alpha value is -5.14. The van der Waals surface area contributed by atoms with E-state index in [0.717, 1.165) is 63.1 Å². The second kappa shape index (κ2) is 19.5. The van der Waals surface area contributed by atoms with Crippen LogP contribution in [0.3, 0.4) is 0 Å². The van der Waals surface area contributed by atoms with Gasteiger partial charge in [0.15, 0.2) is 0 Å². The van der Waals surface area contributed by atoms with Gasteiger partial charge in [0.05, 0.1) is 44.2 Å². The molecule has 7 rings (SSSR count). The highest BCUT2D eigenvalue weighted by Crippen LogP contribution is 2.51. The third kappa shape index (κ3) is 10.7. The number of amides is 4. The molecular formula is C46H44N4O4S4. The molecule has 0 saturated carbocycles. The Morgan fingerprint density at radius 1 is 0.483 bits per heavy atom. The normalized spacial score (nSPS) is 11.9. The number of fused-ring (bicyclic) bond motifs is 8. The first-order chi connectivity index (χ1) is 28.2. The van der Waals surface area contributed by atoms with Gasteiger partial charge < -0.3 is 30.7 Å². The van der Waals surface area contributed by atoms with Crippen molar-refractivity contribution in [3.63, 3.8) is 0 Å². The van der Waals surface area contributed by atoms with Crippen LogP contribution in [0.5, 0.6) is 11.5 Å². The lowest BCUT2D eigenvalue weighted by Gasteiger charge is -2.21. The monoisotopic (exact) mass is 844 g/mol. The molecule has 4 N–H and O–H groups in total. The highest BCUT2D eigenvalue weighted by molar-refractivity contribution is 8.01. The summed E-state index contributed by atoms with van der Waals surface area (Å²) >= 11 is 6.30. The average molecular weight is 845 g/mol. The van der Waals surface area contributed by atoms with E-state index in [2.05, 4.69) is 71.5 Å². The molecule has 58 heavy (non-hydrogen) atoms. The molecule has 8 bridgehead atoms. The summed E-state index contributed by atoms with van der Waals surface area (Å²) in [5, 5.41) is 12.2. The largest absolute Gasteiger partial charge is 0.491 e. The van der Waals surface area contributed by atoms with Gasteiger partial charge in [-0.2, -0.15) is 0 Å². The smallest absolute Gasteiger partial charge is 0.323 e. The van der Waals surface area contributed by atoms with E-state index < -0.39 is 0 Å². The van der Waals surface area contributed by atoms with Crippen molar-refractivity contribution < 1.29 is 19.1 Å². The molecule has 12 heteroatoms. The lowest BCUT2D eigenvalue weighted by atomic mass is 10.2. The van der Waals surface area contributed by atoms with Crippen molar-refractivity contribution in [3.8, 4) is 11.5 Å². The Bertz CT molecular complexity index is 2240. The summed E-state index contributed by atoms with van der Waals surface area (Å²) in [6.07, 6.45) is 1.63. The van der Waals surface area contributed by atoms with Crippen molar-refractivity contribution in [2.24, 2.45) is 0 Å². The van der Waals surface area contributed by atoms with Crippen LogP contribution in [0.2, 0.25) is 0 Å². The summed E-state index contributed by atoms with van der Waals surface area (Å²) in [5.41, 5.74) is 4.92. The molecule has 0 atom stereocenters. The molecular weight excluding hydrogens is 801 g/mol. The highest BCUT2D eigenvalue weighted by Gasteiger charge is 2.23. The number of anilines is 4. The quantitative estimate of drug-likeness (QED) is 0.108. The predicted molar refractivity (Wildman–Crippen MR) is 241 cm³/mol. The fraction of sp³-hybridized carbons (Fsp3) is 0.174. The van der Waals surface area contributed by atoms with Crippen LogP contribution in [0.4, 0.5) is 32.3 Å². The molecule has 1 aliphatic rings. The molecule has 8 nitrogen and oxygen atoms in total. The molecule has 296 valence electrons. The Kier molecular flexibility index (Phi) is 13.8. The first kappa shape index (κ1) is 41.0. The molecule has 0 saturated heterocycles. The van der Waals surface area contributed by atoms with Gasteiger partial charge in [0.1, 0.15) is 11.5 Å². The maximum Gasteiger partial charge on any atom is 0.323 e. The first-order valence-corrected chi connectivity index (χ1v) is 22.3. The zero-order valence-electron chi connectivity index (χ0n) is 32.6. The Morgan fingerprint density at radius 2 is 0.862 bits per heavy atom. The summed E-state index contributed by atoms with van der Waals surface area (Å²) in [5.74, 6) is 1.42. The van der Waals surface area contributed by atoms with Crippen molar-refractivity contribution in [1.29, 1.82) is 0 Å². The molecule has 4 amide bonds. The minimum absolute atomic E-state index is 0.343. The standard InChI is InChI=1S/C46H44N4O4S4/c1-5-25-53-41-39-23-21-37(49-45(51)47-31-17-13-29(3)14-18-31)43(41)57-35-11-8-10-34(28-35)56-40-24-22-38(50-46(52)48-32-19-15-30(4)16-20-32)44(42(40)54-26-6-2)58-36-12-7-9-33(27-36)55-39/h7-24,27-28H,5-6,25-26H2,1-4H3,(H2,47,49,51)(H2,48,50,52). The second-order valence-electron chi connectivity index (χ2n) is 13.5. The number of aryl methyl sites for hydroxylation is 2. The van der Waals surface area contributed by atoms with Gasteiger partial charge in [0, 0.05) is 31.0 Å². The van der Waals surface area contributed by atoms with Crippen molar-refractivity contribution in [3.05, 3.63) is 132 Å². The van der Waals surface area contributed by atoms with Gasteiger partial charge in [-0.15, -0.1) is 0 Å². The van der Waals surface area contributed by atoms with E-state index in [1.165, 1.54) is 0 Å². The number of nitrogens with one attached hydrogen (secondary N) is 4. The zero-order chi connectivity index (χ0) is 40.4. The number of hydrogen-bond acceptors (Lipinski definition) is 8. The molecule has 1 heterocycles. The van der Waals surface area contributed by atoms with Crippen LogP contribution >= 0.6 is 47.0 Å². The molecule has 6 aromatic rings. The van der Waals surface area contributed by atoms with E-state index in [0.29, 0.717) is 47.5 Å². The van der Waals surface area contributed by atoms with E-state index in [4.69, 9.17) is 9.47 Å². The van der Waals surface area contributed by atoms with Gasteiger partial charge in [-0.25, -0.2) is 9.59 Å². The number of rotatable bonds is 10. The number of benzene rings is 6. The maximum absolute atomic E-state index is 13.4. The maximum atomic E-state index is 13.4. The van der Waals surface area contributed by atoms with Crippen LogP contribution in [0.1, 0.15) is 37.8 Å². The van der Waals surface area contributed by atoms with Gasteiger partial charge in [-0.05, 0) is 112 Å². The van der Waals surface area contributed by atoms with Gasteiger partial charge >= 0.3 is 12.1 Å². The van der Waals surface area contributed by atoms with Gasteiger partial charge in [-0.3, -0.25) is 0 Å². The fourth-order valence-electron chi connectivity index (χ4n) is 5.87. The Balaban J connectivity index is 1.30. The summed E-state index contributed by atoms with van der Waals surface area (Å²) in [7, 11) is 0. The molecule has 1 aliphatic heterocycles. The van der Waals surface area contributed by atoms with E-state index in [1.807, 2.05) is 98.8 Å². The number of ether oxygens (including phenoxy) is 2. The first-order valence-electron chi connectivity index (χ1n) is 19.0. The summed E-state index contributed by atoms with van der Waals surface area (Å²) in [6.45, 7) is 9.21. The fourth-order valence-corrected chi connectivity index (χ4v) is 10.2. The number of carbonyl (C=O) groups is 2. The topological polar surface area (TPSA) is 101 Å². The molecule has 0 spiro atoms. The highest BCUT2D eigenvalue weighted by atomic mass is 32.2. The van der Waals surface area contributed by atoms with Gasteiger partial charge in [-0.1, -0.05) is 108 Å². The van der Waals surface area contributed by atoms with Crippen molar-refractivity contribution in [1.82, 2.24) is 0 Å². The third-order valence-corrected chi connectivity index (χ3v) is 12.9. The lowest BCUT2D eigenvalue weighted by Crippen LogP contribution is -2.20. The van der Waals surface area contributed by atoms with Crippen LogP contribution in [-0.2, 0) is 0 Å². The number of urea groups is 2. The van der Waals surface area contributed by atoms with E-state index in [9.17, 15) is 9.59 Å². The lowest BCUT2D eigenvalue weighted by molar-refractivity contribution is 0.261. The number of carbonyl (C=O) groups excluding carboxylic acids is 2. The SMILES string of the molecule is CCCOc1c2ccc(NC(=O)Nc3ccc(C)cc3)c1Sc1cccc(c1)Sc1ccc(NC(=O)Nc3ccc(C)cc3)c(c1OCCC)Sc1cccc(c1)S2. The average Bonchev–Trinajstić information content (AvgIpc) is 3.21. The molecule has 0 fully saturated rings. The second-order valence-corrected chi connectivity index (χ2v) is 17.9. The summed E-state index contributed by atoms with van der Waals surface area (Å²) < 4.78 is 13.1. The third-order valence-electron chi connectivity index (χ3n) is 8.67. The molecule has 0 unspecified atom stereocenters. The van der Waals surface area contributed by atoms with Crippen LogP contribution in [0.25, 0.3) is 0 Å².